The van der Waals surface area contributed by atoms with Gasteiger partial charge in [-0.25, -0.2) is 4.99 Å². The zero-order valence-corrected chi connectivity index (χ0v) is 20.9. The van der Waals surface area contributed by atoms with Crippen LogP contribution in [0.4, 0.5) is 11.4 Å². The second-order valence-corrected chi connectivity index (χ2v) is 9.48. The Morgan fingerprint density at radius 2 is 1.87 bits per heavy atom. The molecule has 2 saturated heterocycles. The van der Waals surface area contributed by atoms with E-state index >= 15 is 0 Å². The predicted molar refractivity (Wildman–Crippen MR) is 147 cm³/mol. The summed E-state index contributed by atoms with van der Waals surface area (Å²) in [6, 6.07) is 24.1. The van der Waals surface area contributed by atoms with E-state index in [1.165, 1.54) is 0 Å². The second-order valence-electron chi connectivity index (χ2n) is 9.48. The summed E-state index contributed by atoms with van der Waals surface area (Å²) in [4.78, 5) is 24.1. The van der Waals surface area contributed by atoms with Gasteiger partial charge in [-0.1, -0.05) is 48.5 Å². The molecule has 3 aromatic rings. The van der Waals surface area contributed by atoms with Crippen LogP contribution in [-0.4, -0.2) is 55.0 Å². The van der Waals surface area contributed by atoms with Crippen molar-refractivity contribution in [2.45, 2.75) is 24.7 Å². The summed E-state index contributed by atoms with van der Waals surface area (Å²) in [5.41, 5.74) is 10.5. The number of para-hydroxylation sites is 1. The molecule has 194 valence electrons. The lowest BCUT2D eigenvalue weighted by atomic mass is 9.89. The Labute approximate surface area is 224 Å². The smallest absolute Gasteiger partial charge is 0.291 e. The molecule has 0 aromatic heterocycles. The molecule has 3 heterocycles. The van der Waals surface area contributed by atoms with E-state index in [4.69, 9.17) is 20.6 Å². The summed E-state index contributed by atoms with van der Waals surface area (Å²) in [6.45, 7) is 1.18. The van der Waals surface area contributed by atoms with Crippen LogP contribution in [0, 0.1) is 16.7 Å². The maximum atomic E-state index is 13.1. The molecule has 10 nitrogen and oxygen atoms in total. The third-order valence-corrected chi connectivity index (χ3v) is 7.03. The van der Waals surface area contributed by atoms with E-state index in [2.05, 4.69) is 26.3 Å². The van der Waals surface area contributed by atoms with Gasteiger partial charge in [0.25, 0.3) is 11.9 Å². The number of rotatable bonds is 4. The van der Waals surface area contributed by atoms with E-state index in [-0.39, 0.29) is 24.0 Å². The van der Waals surface area contributed by atoms with Crippen LogP contribution >= 0.6 is 0 Å². The number of benzodiazepines with no additional fused rings is 1. The number of ether oxygens (including phenoxy) is 2. The molecule has 0 saturated carbocycles. The zero-order chi connectivity index (χ0) is 26.9. The molecule has 3 aromatic carbocycles. The van der Waals surface area contributed by atoms with Crippen molar-refractivity contribution >= 4 is 34.9 Å². The molecule has 0 radical (unpaired) electrons. The van der Waals surface area contributed by atoms with E-state index < -0.39 is 12.1 Å². The first-order valence-electron chi connectivity index (χ1n) is 12.6. The molecule has 0 aliphatic carbocycles. The fourth-order valence-electron chi connectivity index (χ4n) is 5.20. The third-order valence-electron chi connectivity index (χ3n) is 7.03. The van der Waals surface area contributed by atoms with Crippen molar-refractivity contribution in [1.82, 2.24) is 0 Å². The number of fused-ring (bicyclic) bond motifs is 3. The lowest BCUT2D eigenvalue weighted by molar-refractivity contribution is -0.117. The Kier molecular flexibility index (Phi) is 6.26. The van der Waals surface area contributed by atoms with E-state index in [9.17, 15) is 10.1 Å². The maximum Gasteiger partial charge on any atom is 0.291 e. The van der Waals surface area contributed by atoms with E-state index in [1.807, 2.05) is 48.5 Å². The fourth-order valence-corrected chi connectivity index (χ4v) is 5.20. The molecule has 4 N–H and O–H groups in total. The lowest BCUT2D eigenvalue weighted by Crippen LogP contribution is -2.64. The normalized spacial score (nSPS) is 21.9. The lowest BCUT2D eigenvalue weighted by Gasteiger charge is -2.54. The maximum absolute atomic E-state index is 13.1. The Bertz CT molecular complexity index is 1550. The molecule has 2 fully saturated rings. The van der Waals surface area contributed by atoms with Crippen molar-refractivity contribution in [3.63, 3.8) is 0 Å². The van der Waals surface area contributed by atoms with E-state index in [1.54, 1.807) is 24.3 Å². The number of anilines is 2. The number of amides is 1. The van der Waals surface area contributed by atoms with Gasteiger partial charge in [0.1, 0.15) is 0 Å². The van der Waals surface area contributed by atoms with E-state index in [0.717, 1.165) is 17.5 Å². The molecule has 3 aliphatic heterocycles. The summed E-state index contributed by atoms with van der Waals surface area (Å²) in [5.74, 6) is -0.717. The molecule has 0 spiro atoms. The topological polar surface area (TPSA) is 149 Å². The average Bonchev–Trinajstić information content (AvgIpc) is 3.09. The van der Waals surface area contributed by atoms with Gasteiger partial charge in [0.05, 0.1) is 59.6 Å². The van der Waals surface area contributed by atoms with Crippen LogP contribution in [0.5, 0.6) is 0 Å². The number of morpholine rings is 1. The van der Waals surface area contributed by atoms with Gasteiger partial charge in [-0.05, 0) is 30.7 Å². The van der Waals surface area contributed by atoms with Gasteiger partial charge in [-0.3, -0.25) is 10.2 Å². The number of benzene rings is 3. The van der Waals surface area contributed by atoms with Gasteiger partial charge in [0, 0.05) is 11.1 Å². The van der Waals surface area contributed by atoms with Gasteiger partial charge in [-0.2, -0.15) is 10.3 Å². The SMILES string of the molecule is N#Cc1ccc(C(=N)O/C(N)=N/C2N=C(c3ccccc3)c3ccccc3NC2=O)c(N2C3COCC2C3)c1. The van der Waals surface area contributed by atoms with Crippen molar-refractivity contribution in [2.24, 2.45) is 15.7 Å². The Morgan fingerprint density at radius 1 is 1.13 bits per heavy atom. The van der Waals surface area contributed by atoms with Crippen LogP contribution in [0.2, 0.25) is 0 Å². The molecule has 3 atom stereocenters. The summed E-state index contributed by atoms with van der Waals surface area (Å²) in [6.07, 6.45) is -0.234. The highest BCUT2D eigenvalue weighted by atomic mass is 16.5. The number of carbonyl (C=O) groups excluding carboxylic acids is 1. The van der Waals surface area contributed by atoms with Crippen LogP contribution in [0.1, 0.15) is 28.7 Å². The van der Waals surface area contributed by atoms with Gasteiger partial charge in [0.2, 0.25) is 12.1 Å². The van der Waals surface area contributed by atoms with Gasteiger partial charge < -0.3 is 25.4 Å². The van der Waals surface area contributed by atoms with Crippen molar-refractivity contribution in [2.75, 3.05) is 23.4 Å². The Balaban J connectivity index is 1.30. The molecular formula is C29H25N7O3. The van der Waals surface area contributed by atoms with Gasteiger partial charge in [0.15, 0.2) is 0 Å². The molecular weight excluding hydrogens is 494 g/mol. The number of carbonyl (C=O) groups is 1. The van der Waals surface area contributed by atoms with Crippen molar-refractivity contribution < 1.29 is 14.3 Å². The summed E-state index contributed by atoms with van der Waals surface area (Å²) in [5, 5.41) is 21.0. The average molecular weight is 520 g/mol. The predicted octanol–water partition coefficient (Wildman–Crippen LogP) is 3.01. The first-order valence-corrected chi connectivity index (χ1v) is 12.6. The second kappa shape index (κ2) is 10.0. The first kappa shape index (κ1) is 24.3. The minimum absolute atomic E-state index is 0.178. The minimum atomic E-state index is -1.23. The highest BCUT2D eigenvalue weighted by molar-refractivity contribution is 6.19. The zero-order valence-electron chi connectivity index (χ0n) is 20.9. The van der Waals surface area contributed by atoms with Crippen molar-refractivity contribution in [3.8, 4) is 6.07 Å². The molecule has 3 unspecified atom stereocenters. The summed E-state index contributed by atoms with van der Waals surface area (Å²) in [7, 11) is 0. The number of hydrogen-bond donors (Lipinski definition) is 3. The first-order chi connectivity index (χ1) is 19.0. The number of amidine groups is 1. The van der Waals surface area contributed by atoms with Crippen LogP contribution in [0.25, 0.3) is 0 Å². The number of aliphatic imine (C=N–C) groups is 2. The highest BCUT2D eigenvalue weighted by Crippen LogP contribution is 2.38. The molecule has 6 rings (SSSR count). The quantitative estimate of drug-likeness (QED) is 0.356. The number of nitrogens with one attached hydrogen (secondary N) is 2. The minimum Gasteiger partial charge on any atom is -0.407 e. The third kappa shape index (κ3) is 4.60. The van der Waals surface area contributed by atoms with Gasteiger partial charge >= 0.3 is 0 Å². The molecule has 10 heteroatoms. The summed E-state index contributed by atoms with van der Waals surface area (Å²) < 4.78 is 11.2. The molecule has 3 aliphatic rings. The molecule has 1 amide bonds. The van der Waals surface area contributed by atoms with Crippen LogP contribution in [0.15, 0.2) is 82.8 Å². The molecule has 2 bridgehead atoms. The van der Waals surface area contributed by atoms with E-state index in [0.29, 0.717) is 41.4 Å². The monoisotopic (exact) mass is 519 g/mol. The Hall–Kier alpha value is -5.01. The number of nitrogens with two attached hydrogens (primary N) is 1. The number of hydrogen-bond acceptors (Lipinski definition) is 8. The largest absolute Gasteiger partial charge is 0.407 e. The molecule has 39 heavy (non-hydrogen) atoms. The number of nitriles is 1. The van der Waals surface area contributed by atoms with Crippen LogP contribution < -0.4 is 16.0 Å². The van der Waals surface area contributed by atoms with Crippen molar-refractivity contribution in [1.29, 1.82) is 10.7 Å². The summed E-state index contributed by atoms with van der Waals surface area (Å²) >= 11 is 0. The van der Waals surface area contributed by atoms with Crippen molar-refractivity contribution in [3.05, 3.63) is 95.1 Å². The fraction of sp³-hybridized carbons (Fsp3) is 0.207. The van der Waals surface area contributed by atoms with Crippen LogP contribution in [-0.2, 0) is 14.3 Å². The number of nitrogens with zero attached hydrogens (tertiary/aromatic N) is 4. The Morgan fingerprint density at radius 3 is 2.62 bits per heavy atom. The van der Waals surface area contributed by atoms with Gasteiger partial charge in [-0.15, -0.1) is 0 Å². The highest BCUT2D eigenvalue weighted by Gasteiger charge is 2.43. The van der Waals surface area contributed by atoms with Crippen LogP contribution in [0.3, 0.4) is 0 Å². The standard InChI is InChI=1S/C29H25N7O3/c30-14-17-10-11-22(24(12-17)36-19-13-20(36)16-38-15-19)26(31)39-29(32)35-27-28(37)33-23-9-5-4-8-21(23)25(34-27)18-6-2-1-3-7-18/h1-12,19-20,27,31H,13,15-16H2,(H2,32,35)(H,33,37).